The van der Waals surface area contributed by atoms with Crippen molar-refractivity contribution in [3.8, 4) is 102 Å². The zero-order valence-corrected chi connectivity index (χ0v) is 30.0. The number of hydrogen-bond donors (Lipinski definition) is 0. The van der Waals surface area contributed by atoms with Crippen LogP contribution in [0.25, 0.3) is 79.2 Å². The van der Waals surface area contributed by atoms with E-state index < -0.39 is 0 Å². The molecule has 7 nitrogen and oxygen atoms in total. The van der Waals surface area contributed by atoms with Gasteiger partial charge in [-0.25, -0.2) is 24.9 Å². The molecule has 0 aliphatic carbocycles. The number of nitrogens with zero attached hydrogens (tertiary/aromatic N) is 5. The Morgan fingerprint density at radius 3 is 1.11 bits per heavy atom. The van der Waals surface area contributed by atoms with Crippen LogP contribution in [0.3, 0.4) is 0 Å². The molecule has 7 heteroatoms. The van der Waals surface area contributed by atoms with Crippen molar-refractivity contribution >= 4 is 0 Å². The maximum atomic E-state index is 6.46. The number of aromatic nitrogens is 5. The molecule has 0 fully saturated rings. The Bertz CT molecular complexity index is 2740. The molecule has 0 saturated carbocycles. The SMILES string of the molecule is c1ccc(-c2cc(-c3ccccc3)nc(-c3ccc4c(c3)Oc3ccc(-c5cccc(-c6nc(-c7ccccc7)nc(-c7ccccc7)n6)c5)cc3O4)n2)cc1. The average molecular weight is 722 g/mol. The summed E-state index contributed by atoms with van der Waals surface area (Å²) < 4.78 is 12.9. The molecule has 7 aromatic carbocycles. The summed E-state index contributed by atoms with van der Waals surface area (Å²) >= 11 is 0. The molecule has 1 aliphatic rings. The lowest BCUT2D eigenvalue weighted by Gasteiger charge is -2.22. The second-order valence-electron chi connectivity index (χ2n) is 13.3. The first-order valence-electron chi connectivity index (χ1n) is 18.3. The normalized spacial score (nSPS) is 11.5. The fourth-order valence-corrected chi connectivity index (χ4v) is 6.77. The first-order chi connectivity index (χ1) is 27.7. The Morgan fingerprint density at radius 1 is 0.232 bits per heavy atom. The smallest absolute Gasteiger partial charge is 0.170 e. The molecular weight excluding hydrogens is 691 g/mol. The largest absolute Gasteiger partial charge is 0.449 e. The predicted molar refractivity (Wildman–Crippen MR) is 220 cm³/mol. The Morgan fingerprint density at radius 2 is 0.589 bits per heavy atom. The quantitative estimate of drug-likeness (QED) is 0.162. The van der Waals surface area contributed by atoms with Gasteiger partial charge in [-0.05, 0) is 53.6 Å². The van der Waals surface area contributed by atoms with Crippen LogP contribution in [0.4, 0.5) is 0 Å². The second-order valence-corrected chi connectivity index (χ2v) is 13.3. The molecule has 0 N–H and O–H groups in total. The summed E-state index contributed by atoms with van der Waals surface area (Å²) in [6, 6.07) is 62.3. The van der Waals surface area contributed by atoms with Gasteiger partial charge in [0.15, 0.2) is 46.3 Å². The van der Waals surface area contributed by atoms with E-state index >= 15 is 0 Å². The minimum Gasteiger partial charge on any atom is -0.449 e. The summed E-state index contributed by atoms with van der Waals surface area (Å²) in [5.41, 5.74) is 9.22. The third kappa shape index (κ3) is 6.54. The maximum Gasteiger partial charge on any atom is 0.170 e. The first-order valence-corrected chi connectivity index (χ1v) is 18.3. The number of ether oxygens (including phenoxy) is 2. The summed E-state index contributed by atoms with van der Waals surface area (Å²) in [6.07, 6.45) is 0. The van der Waals surface area contributed by atoms with E-state index in [1.54, 1.807) is 0 Å². The van der Waals surface area contributed by atoms with Crippen LogP contribution in [0.1, 0.15) is 0 Å². The topological polar surface area (TPSA) is 82.9 Å². The van der Waals surface area contributed by atoms with Crippen LogP contribution in [0.2, 0.25) is 0 Å². The molecule has 0 bridgehead atoms. The molecule has 9 aromatic rings. The fraction of sp³-hybridized carbons (Fsp3) is 0. The van der Waals surface area contributed by atoms with Crippen molar-refractivity contribution < 1.29 is 9.47 Å². The van der Waals surface area contributed by atoms with Crippen LogP contribution < -0.4 is 9.47 Å². The summed E-state index contributed by atoms with van der Waals surface area (Å²) in [6.45, 7) is 0. The van der Waals surface area contributed by atoms with Crippen LogP contribution in [-0.2, 0) is 0 Å². The molecule has 0 amide bonds. The number of rotatable bonds is 7. The molecule has 264 valence electrons. The van der Waals surface area contributed by atoms with Gasteiger partial charge in [0.2, 0.25) is 0 Å². The summed E-state index contributed by atoms with van der Waals surface area (Å²) in [4.78, 5) is 24.7. The standard InChI is InChI=1S/C49H31N5O2/c1-5-14-32(15-6-1)40-31-41(33-16-7-2-8-17-33)51-48(50-40)39-25-27-43-45(30-39)56-42-26-24-37(29-44(42)55-43)36-22-13-23-38(28-36)49-53-46(34-18-9-3-10-19-34)52-47(54-49)35-20-11-4-12-21-35/h1-31H. The van der Waals surface area contributed by atoms with Gasteiger partial charge in [-0.2, -0.15) is 0 Å². The molecule has 56 heavy (non-hydrogen) atoms. The van der Waals surface area contributed by atoms with Crippen LogP contribution in [0.5, 0.6) is 23.0 Å². The van der Waals surface area contributed by atoms with Crippen molar-refractivity contribution in [1.29, 1.82) is 0 Å². The molecule has 1 aliphatic heterocycles. The van der Waals surface area contributed by atoms with E-state index in [0.717, 1.165) is 55.9 Å². The Labute approximate surface area is 323 Å². The summed E-state index contributed by atoms with van der Waals surface area (Å²) in [5.74, 6) is 4.88. The highest BCUT2D eigenvalue weighted by Gasteiger charge is 2.22. The molecule has 0 radical (unpaired) electrons. The highest BCUT2D eigenvalue weighted by Crippen LogP contribution is 2.48. The van der Waals surface area contributed by atoms with Gasteiger partial charge in [0.1, 0.15) is 0 Å². The molecular formula is C49H31N5O2. The van der Waals surface area contributed by atoms with Gasteiger partial charge in [-0.1, -0.05) is 146 Å². The lowest BCUT2D eigenvalue weighted by molar-refractivity contribution is 0.360. The summed E-state index contributed by atoms with van der Waals surface area (Å²) in [5, 5.41) is 0. The fourth-order valence-electron chi connectivity index (χ4n) is 6.77. The third-order valence-electron chi connectivity index (χ3n) is 9.60. The van der Waals surface area contributed by atoms with Crippen molar-refractivity contribution in [2.24, 2.45) is 0 Å². The van der Waals surface area contributed by atoms with Crippen molar-refractivity contribution in [2.75, 3.05) is 0 Å². The molecule has 10 rings (SSSR count). The molecule has 3 heterocycles. The van der Waals surface area contributed by atoms with Crippen LogP contribution >= 0.6 is 0 Å². The maximum absolute atomic E-state index is 6.46. The van der Waals surface area contributed by atoms with Gasteiger partial charge in [0.25, 0.3) is 0 Å². The Hall–Kier alpha value is -7.77. The van der Waals surface area contributed by atoms with Gasteiger partial charge in [0, 0.05) is 33.4 Å². The second kappa shape index (κ2) is 14.2. The Kier molecular flexibility index (Phi) is 8.35. The Balaban J connectivity index is 0.962. The van der Waals surface area contributed by atoms with Crippen molar-refractivity contribution in [3.05, 3.63) is 188 Å². The molecule has 2 aromatic heterocycles. The van der Waals surface area contributed by atoms with Crippen molar-refractivity contribution in [3.63, 3.8) is 0 Å². The number of benzene rings is 7. The van der Waals surface area contributed by atoms with Gasteiger partial charge < -0.3 is 9.47 Å². The van der Waals surface area contributed by atoms with Crippen LogP contribution in [0.15, 0.2) is 188 Å². The van der Waals surface area contributed by atoms with E-state index in [2.05, 4.69) is 36.4 Å². The minimum atomic E-state index is 0.594. The predicted octanol–water partition coefficient (Wildman–Crippen LogP) is 12.2. The third-order valence-corrected chi connectivity index (χ3v) is 9.60. The van der Waals surface area contributed by atoms with Gasteiger partial charge in [0.05, 0.1) is 11.4 Å². The van der Waals surface area contributed by atoms with E-state index in [-0.39, 0.29) is 0 Å². The summed E-state index contributed by atoms with van der Waals surface area (Å²) in [7, 11) is 0. The number of fused-ring (bicyclic) bond motifs is 2. The lowest BCUT2D eigenvalue weighted by Crippen LogP contribution is -2.01. The minimum absolute atomic E-state index is 0.594. The monoisotopic (exact) mass is 721 g/mol. The van der Waals surface area contributed by atoms with E-state index in [4.69, 9.17) is 34.4 Å². The van der Waals surface area contributed by atoms with Crippen molar-refractivity contribution in [1.82, 2.24) is 24.9 Å². The van der Waals surface area contributed by atoms with Gasteiger partial charge in [-0.15, -0.1) is 0 Å². The van der Waals surface area contributed by atoms with Gasteiger partial charge >= 0.3 is 0 Å². The molecule has 0 saturated heterocycles. The highest BCUT2D eigenvalue weighted by atomic mass is 16.6. The van der Waals surface area contributed by atoms with E-state index in [9.17, 15) is 0 Å². The van der Waals surface area contributed by atoms with Gasteiger partial charge in [-0.3, -0.25) is 0 Å². The lowest BCUT2D eigenvalue weighted by atomic mass is 10.0. The molecule has 0 spiro atoms. The zero-order chi connectivity index (χ0) is 37.3. The first kappa shape index (κ1) is 32.8. The van der Waals surface area contributed by atoms with Crippen LogP contribution in [-0.4, -0.2) is 24.9 Å². The zero-order valence-electron chi connectivity index (χ0n) is 30.0. The van der Waals surface area contributed by atoms with E-state index in [1.165, 1.54) is 0 Å². The molecule has 0 unspecified atom stereocenters. The average Bonchev–Trinajstić information content (AvgIpc) is 3.29. The molecule has 0 atom stereocenters. The van der Waals surface area contributed by atoms with E-state index in [0.29, 0.717) is 46.3 Å². The number of hydrogen-bond acceptors (Lipinski definition) is 7. The highest BCUT2D eigenvalue weighted by molar-refractivity contribution is 5.76. The van der Waals surface area contributed by atoms with Crippen LogP contribution in [0, 0.1) is 0 Å². The van der Waals surface area contributed by atoms with E-state index in [1.807, 2.05) is 152 Å². The van der Waals surface area contributed by atoms with Crippen molar-refractivity contribution in [2.45, 2.75) is 0 Å².